The van der Waals surface area contributed by atoms with Gasteiger partial charge in [-0.05, 0) is 38.1 Å². The molecule has 1 atom stereocenters. The van der Waals surface area contributed by atoms with E-state index in [9.17, 15) is 0 Å². The number of nitrogens with zero attached hydrogens (tertiary/aromatic N) is 2. The molecule has 1 aliphatic heterocycles. The van der Waals surface area contributed by atoms with Crippen molar-refractivity contribution in [3.8, 4) is 0 Å². The zero-order valence-corrected chi connectivity index (χ0v) is 10.9. The first-order valence-corrected chi connectivity index (χ1v) is 6.17. The van der Waals surface area contributed by atoms with E-state index in [1.54, 1.807) is 0 Å². The fraction of sp³-hybridized carbons (Fsp3) is 0.615. The monoisotopic (exact) mass is 235 g/mol. The zero-order valence-electron chi connectivity index (χ0n) is 10.9. The highest BCUT2D eigenvalue weighted by molar-refractivity contribution is 5.48. The molecule has 1 aliphatic rings. The van der Waals surface area contributed by atoms with Gasteiger partial charge in [-0.3, -0.25) is 0 Å². The number of aromatic nitrogens is 1. The number of ether oxygens (including phenoxy) is 1. The second-order valence-electron chi connectivity index (χ2n) is 4.63. The fourth-order valence-electron chi connectivity index (χ4n) is 2.27. The average molecular weight is 235 g/mol. The molecule has 0 amide bonds. The van der Waals surface area contributed by atoms with Gasteiger partial charge in [-0.2, -0.15) is 0 Å². The second-order valence-corrected chi connectivity index (χ2v) is 4.63. The molecule has 1 fully saturated rings. The lowest BCUT2D eigenvalue weighted by Gasteiger charge is -2.35. The third-order valence-electron chi connectivity index (χ3n) is 3.13. The molecule has 1 N–H and O–H groups in total. The Kier molecular flexibility index (Phi) is 3.97. The van der Waals surface area contributed by atoms with Gasteiger partial charge in [0.05, 0.1) is 19.3 Å². The Morgan fingerprint density at radius 3 is 3.06 bits per heavy atom. The van der Waals surface area contributed by atoms with Gasteiger partial charge in [0.2, 0.25) is 0 Å². The van der Waals surface area contributed by atoms with Crippen LogP contribution in [-0.4, -0.2) is 37.8 Å². The third kappa shape index (κ3) is 2.76. The lowest BCUT2D eigenvalue weighted by molar-refractivity contribution is 0.0985. The van der Waals surface area contributed by atoms with Gasteiger partial charge in [-0.15, -0.1) is 0 Å². The summed E-state index contributed by atoms with van der Waals surface area (Å²) in [5.41, 5.74) is 2.47. The van der Waals surface area contributed by atoms with Crippen molar-refractivity contribution in [3.63, 3.8) is 0 Å². The first kappa shape index (κ1) is 12.3. The largest absolute Gasteiger partial charge is 0.377 e. The molecule has 2 heterocycles. The summed E-state index contributed by atoms with van der Waals surface area (Å²) in [6, 6.07) is 2.62. The number of rotatable bonds is 3. The quantitative estimate of drug-likeness (QED) is 0.858. The van der Waals surface area contributed by atoms with Crippen LogP contribution in [0.4, 0.5) is 5.82 Å². The van der Waals surface area contributed by atoms with Gasteiger partial charge < -0.3 is 15.0 Å². The summed E-state index contributed by atoms with van der Waals surface area (Å²) in [5, 5.41) is 3.15. The number of hydrogen-bond donors (Lipinski definition) is 1. The van der Waals surface area contributed by atoms with Crippen LogP contribution in [-0.2, 0) is 11.3 Å². The van der Waals surface area contributed by atoms with E-state index in [-0.39, 0.29) is 0 Å². The van der Waals surface area contributed by atoms with Crippen molar-refractivity contribution in [1.82, 2.24) is 10.3 Å². The summed E-state index contributed by atoms with van der Waals surface area (Å²) in [4.78, 5) is 6.94. The number of morpholine rings is 1. The predicted octanol–water partition coefficient (Wildman–Crippen LogP) is 1.33. The highest BCUT2D eigenvalue weighted by atomic mass is 16.5. The molecule has 0 radical (unpaired) electrons. The van der Waals surface area contributed by atoms with Crippen molar-refractivity contribution < 1.29 is 4.74 Å². The van der Waals surface area contributed by atoms with Crippen LogP contribution in [0.2, 0.25) is 0 Å². The number of anilines is 1. The van der Waals surface area contributed by atoms with Crippen LogP contribution in [0.5, 0.6) is 0 Å². The standard InChI is InChI=1S/C13H21N3O/c1-10-6-12(7-14-3)8-15-13(10)16-4-5-17-9-11(16)2/h6,8,11,14H,4-5,7,9H2,1-3H3. The van der Waals surface area contributed by atoms with Gasteiger partial charge in [0.15, 0.2) is 0 Å². The van der Waals surface area contributed by atoms with Crippen molar-refractivity contribution in [2.24, 2.45) is 0 Å². The summed E-state index contributed by atoms with van der Waals surface area (Å²) in [6.45, 7) is 7.70. The zero-order chi connectivity index (χ0) is 12.3. The van der Waals surface area contributed by atoms with E-state index in [0.29, 0.717) is 6.04 Å². The first-order valence-electron chi connectivity index (χ1n) is 6.17. The molecule has 0 saturated carbocycles. The summed E-state index contributed by atoms with van der Waals surface area (Å²) in [6.07, 6.45) is 1.96. The second kappa shape index (κ2) is 5.47. The lowest BCUT2D eigenvalue weighted by atomic mass is 10.1. The van der Waals surface area contributed by atoms with Crippen molar-refractivity contribution in [1.29, 1.82) is 0 Å². The smallest absolute Gasteiger partial charge is 0.131 e. The molecule has 4 nitrogen and oxygen atoms in total. The van der Waals surface area contributed by atoms with Crippen LogP contribution in [0.1, 0.15) is 18.1 Å². The van der Waals surface area contributed by atoms with Crippen LogP contribution in [0.25, 0.3) is 0 Å². The van der Waals surface area contributed by atoms with E-state index in [0.717, 1.165) is 32.1 Å². The maximum Gasteiger partial charge on any atom is 0.131 e. The normalized spacial score (nSPS) is 20.6. The highest BCUT2D eigenvalue weighted by Crippen LogP contribution is 2.21. The molecule has 1 aromatic rings. The van der Waals surface area contributed by atoms with Crippen LogP contribution < -0.4 is 10.2 Å². The summed E-state index contributed by atoms with van der Waals surface area (Å²) in [5.74, 6) is 1.10. The summed E-state index contributed by atoms with van der Waals surface area (Å²) in [7, 11) is 1.95. The Morgan fingerprint density at radius 1 is 1.59 bits per heavy atom. The van der Waals surface area contributed by atoms with Crippen LogP contribution in [0.15, 0.2) is 12.3 Å². The van der Waals surface area contributed by atoms with Gasteiger partial charge >= 0.3 is 0 Å². The van der Waals surface area contributed by atoms with Crippen LogP contribution in [0, 0.1) is 6.92 Å². The van der Waals surface area contributed by atoms with E-state index in [4.69, 9.17) is 4.74 Å². The predicted molar refractivity (Wildman–Crippen MR) is 69.4 cm³/mol. The Balaban J connectivity index is 2.20. The van der Waals surface area contributed by atoms with E-state index >= 15 is 0 Å². The maximum atomic E-state index is 5.46. The minimum Gasteiger partial charge on any atom is -0.377 e. The van der Waals surface area contributed by atoms with Crippen molar-refractivity contribution in [3.05, 3.63) is 23.4 Å². The summed E-state index contributed by atoms with van der Waals surface area (Å²) >= 11 is 0. The molecule has 2 rings (SSSR count). The molecule has 1 aromatic heterocycles. The Bertz CT molecular complexity index is 381. The van der Waals surface area contributed by atoms with Gasteiger partial charge in [0.25, 0.3) is 0 Å². The van der Waals surface area contributed by atoms with Crippen molar-refractivity contribution in [2.45, 2.75) is 26.4 Å². The van der Waals surface area contributed by atoms with Gasteiger partial charge in [0.1, 0.15) is 5.82 Å². The van der Waals surface area contributed by atoms with Gasteiger partial charge in [0, 0.05) is 19.3 Å². The number of hydrogen-bond acceptors (Lipinski definition) is 4. The molecule has 1 unspecified atom stereocenters. The molecule has 0 aromatic carbocycles. The topological polar surface area (TPSA) is 37.4 Å². The molecule has 17 heavy (non-hydrogen) atoms. The molecule has 0 bridgehead atoms. The van der Waals surface area contributed by atoms with Crippen molar-refractivity contribution in [2.75, 3.05) is 31.7 Å². The van der Waals surface area contributed by atoms with E-state index in [1.807, 2.05) is 13.2 Å². The Labute approximate surface area is 103 Å². The Hall–Kier alpha value is -1.13. The fourth-order valence-corrected chi connectivity index (χ4v) is 2.27. The third-order valence-corrected chi connectivity index (χ3v) is 3.13. The first-order chi connectivity index (χ1) is 8.22. The number of nitrogens with one attached hydrogen (secondary N) is 1. The molecular formula is C13H21N3O. The number of aryl methyl sites for hydroxylation is 1. The van der Waals surface area contributed by atoms with Gasteiger partial charge in [-0.1, -0.05) is 0 Å². The van der Waals surface area contributed by atoms with E-state index < -0.39 is 0 Å². The minimum atomic E-state index is 0.408. The molecule has 0 spiro atoms. The van der Waals surface area contributed by atoms with Crippen LogP contribution in [0.3, 0.4) is 0 Å². The van der Waals surface area contributed by atoms with E-state index in [1.165, 1.54) is 11.1 Å². The SMILES string of the molecule is CNCc1cnc(N2CCOCC2C)c(C)c1. The molecule has 0 aliphatic carbocycles. The van der Waals surface area contributed by atoms with Crippen molar-refractivity contribution >= 4 is 5.82 Å². The maximum absolute atomic E-state index is 5.46. The molecular weight excluding hydrogens is 214 g/mol. The molecule has 1 saturated heterocycles. The minimum absolute atomic E-state index is 0.408. The average Bonchev–Trinajstić information content (AvgIpc) is 2.31. The molecule has 94 valence electrons. The Morgan fingerprint density at radius 2 is 2.41 bits per heavy atom. The van der Waals surface area contributed by atoms with Gasteiger partial charge in [-0.25, -0.2) is 4.98 Å². The summed E-state index contributed by atoms with van der Waals surface area (Å²) < 4.78 is 5.46. The van der Waals surface area contributed by atoms with Crippen LogP contribution >= 0.6 is 0 Å². The van der Waals surface area contributed by atoms with E-state index in [2.05, 4.69) is 35.1 Å². The molecule has 4 heteroatoms. The number of pyridine rings is 1. The highest BCUT2D eigenvalue weighted by Gasteiger charge is 2.21. The lowest BCUT2D eigenvalue weighted by Crippen LogP contribution is -2.44.